The van der Waals surface area contributed by atoms with E-state index in [1.54, 1.807) is 57.2 Å². The van der Waals surface area contributed by atoms with Crippen LogP contribution in [-0.4, -0.2) is 46.8 Å². The molecule has 2 heterocycles. The van der Waals surface area contributed by atoms with E-state index in [2.05, 4.69) is 4.99 Å². The number of methoxy groups -OCH3 is 1. The first kappa shape index (κ1) is 36.3. The van der Waals surface area contributed by atoms with Crippen LogP contribution < -0.4 is 33.8 Å². The van der Waals surface area contributed by atoms with Gasteiger partial charge in [0.05, 0.1) is 64.2 Å². The van der Waals surface area contributed by atoms with Gasteiger partial charge in [-0.1, -0.05) is 23.5 Å². The van der Waals surface area contributed by atoms with Crippen LogP contribution in [0.4, 0.5) is 11.4 Å². The second-order valence-electron chi connectivity index (χ2n) is 11.3. The largest absolute Gasteiger partial charge is 0.493 e. The SMILES string of the molecule is CCOC(=O)C1=C(C)N=c2s/c(=C/c3ccc(Oc4ccc([N+](=O)[O-])cc4[N+](=O)[O-])c(OCC)c3)c(=O)n2[C@@H]1c1ccc(OC(C)C)c(OC)c1. The fourth-order valence-corrected chi connectivity index (χ4v) is 6.44. The van der Waals surface area contributed by atoms with Crippen molar-refractivity contribution in [2.24, 2.45) is 4.99 Å². The molecule has 1 aliphatic heterocycles. The minimum absolute atomic E-state index is 0.112. The number of esters is 1. The third kappa shape index (κ3) is 7.60. The summed E-state index contributed by atoms with van der Waals surface area (Å²) in [5, 5.41) is 22.8. The van der Waals surface area contributed by atoms with Crippen molar-refractivity contribution in [3.8, 4) is 28.7 Å². The zero-order valence-electron chi connectivity index (χ0n) is 28.5. The number of carbonyl (C=O) groups is 1. The Morgan fingerprint density at radius 1 is 0.961 bits per heavy atom. The van der Waals surface area contributed by atoms with E-state index in [4.69, 9.17) is 23.7 Å². The summed E-state index contributed by atoms with van der Waals surface area (Å²) in [6.07, 6.45) is 1.51. The molecule has 0 amide bonds. The lowest BCUT2D eigenvalue weighted by atomic mass is 9.95. The molecule has 0 bridgehead atoms. The van der Waals surface area contributed by atoms with E-state index < -0.39 is 38.8 Å². The number of benzene rings is 3. The molecular weight excluding hydrogens is 684 g/mol. The molecule has 0 saturated carbocycles. The van der Waals surface area contributed by atoms with Gasteiger partial charge in [-0.15, -0.1) is 0 Å². The molecule has 266 valence electrons. The fourth-order valence-electron chi connectivity index (χ4n) is 5.40. The maximum absolute atomic E-state index is 14.2. The number of carbonyl (C=O) groups excluding carboxylic acids is 1. The standard InChI is InChI=1S/C35H34N4O11S/c1-7-47-29-15-21(9-12-27(29)50-25-14-11-23(38(42)43)18-24(25)39(44)45)16-30-33(40)37-32(22-10-13-26(49-19(3)4)28(17-22)46-6)31(34(41)48-8-2)20(5)36-35(37)51-30/h9-19,32H,7-8H2,1-6H3/b30-16+/t32-/m1/s1. The number of non-ortho nitro benzene ring substituents is 1. The van der Waals surface area contributed by atoms with Crippen LogP contribution >= 0.6 is 11.3 Å². The highest BCUT2D eigenvalue weighted by atomic mass is 32.1. The van der Waals surface area contributed by atoms with Crippen molar-refractivity contribution in [2.75, 3.05) is 20.3 Å². The number of ether oxygens (including phenoxy) is 5. The van der Waals surface area contributed by atoms with Crippen molar-refractivity contribution in [2.45, 2.75) is 46.8 Å². The van der Waals surface area contributed by atoms with Crippen molar-refractivity contribution in [3.63, 3.8) is 0 Å². The number of hydrogen-bond acceptors (Lipinski definition) is 13. The van der Waals surface area contributed by atoms with Gasteiger partial charge in [0.15, 0.2) is 27.8 Å². The number of thiazole rings is 1. The van der Waals surface area contributed by atoms with Gasteiger partial charge in [-0.25, -0.2) is 9.79 Å². The lowest BCUT2D eigenvalue weighted by Crippen LogP contribution is -2.40. The lowest BCUT2D eigenvalue weighted by Gasteiger charge is -2.25. The summed E-state index contributed by atoms with van der Waals surface area (Å²) in [7, 11) is 1.51. The number of nitro groups is 2. The molecule has 1 atom stereocenters. The summed E-state index contributed by atoms with van der Waals surface area (Å²) >= 11 is 1.13. The number of nitrogens with zero attached hydrogens (tertiary/aromatic N) is 4. The number of nitro benzene ring substituents is 2. The third-order valence-corrected chi connectivity index (χ3v) is 8.50. The molecule has 0 N–H and O–H groups in total. The van der Waals surface area contributed by atoms with E-state index in [1.165, 1.54) is 17.7 Å². The number of aromatic nitrogens is 1. The summed E-state index contributed by atoms with van der Waals surface area (Å²) < 4.78 is 30.2. The van der Waals surface area contributed by atoms with Gasteiger partial charge < -0.3 is 23.7 Å². The molecule has 0 fully saturated rings. The summed E-state index contributed by atoms with van der Waals surface area (Å²) in [6, 6.07) is 12.1. The Kier molecular flexibility index (Phi) is 10.8. The first-order valence-electron chi connectivity index (χ1n) is 15.8. The van der Waals surface area contributed by atoms with E-state index in [1.807, 2.05) is 13.8 Å². The van der Waals surface area contributed by atoms with Gasteiger partial charge in [-0.3, -0.25) is 29.6 Å². The van der Waals surface area contributed by atoms with E-state index in [0.29, 0.717) is 37.7 Å². The molecule has 0 aliphatic carbocycles. The van der Waals surface area contributed by atoms with Crippen LogP contribution in [0.15, 0.2) is 75.7 Å². The summed E-state index contributed by atoms with van der Waals surface area (Å²) in [6.45, 7) is 9.23. The first-order valence-corrected chi connectivity index (χ1v) is 16.6. The van der Waals surface area contributed by atoms with Gasteiger partial charge in [0.2, 0.25) is 5.75 Å². The van der Waals surface area contributed by atoms with E-state index in [0.717, 1.165) is 29.5 Å². The van der Waals surface area contributed by atoms with Gasteiger partial charge in [-0.05, 0) is 82.2 Å². The van der Waals surface area contributed by atoms with Crippen molar-refractivity contribution in [3.05, 3.63) is 117 Å². The maximum atomic E-state index is 14.2. The van der Waals surface area contributed by atoms with Crippen LogP contribution in [0.25, 0.3) is 6.08 Å². The molecule has 5 rings (SSSR count). The van der Waals surface area contributed by atoms with Gasteiger partial charge in [-0.2, -0.15) is 0 Å². The summed E-state index contributed by atoms with van der Waals surface area (Å²) in [5.41, 5.74) is 0.239. The van der Waals surface area contributed by atoms with Crippen molar-refractivity contribution in [1.29, 1.82) is 0 Å². The molecule has 51 heavy (non-hydrogen) atoms. The molecule has 0 spiro atoms. The first-order chi connectivity index (χ1) is 24.4. The molecule has 0 saturated heterocycles. The number of rotatable bonds is 13. The zero-order chi connectivity index (χ0) is 37.0. The van der Waals surface area contributed by atoms with Gasteiger partial charge in [0, 0.05) is 6.07 Å². The normalized spacial score (nSPS) is 14.1. The summed E-state index contributed by atoms with van der Waals surface area (Å²) in [4.78, 5) is 53.8. The summed E-state index contributed by atoms with van der Waals surface area (Å²) in [5.74, 6) is 0.418. The average molecular weight is 719 g/mol. The monoisotopic (exact) mass is 718 g/mol. The molecule has 16 heteroatoms. The van der Waals surface area contributed by atoms with Gasteiger partial charge >= 0.3 is 11.7 Å². The van der Waals surface area contributed by atoms with E-state index >= 15 is 0 Å². The number of fused-ring (bicyclic) bond motifs is 1. The molecule has 1 aliphatic rings. The van der Waals surface area contributed by atoms with Crippen LogP contribution in [-0.2, 0) is 9.53 Å². The molecular formula is C35H34N4O11S. The van der Waals surface area contributed by atoms with Crippen LogP contribution in [0.3, 0.4) is 0 Å². The van der Waals surface area contributed by atoms with Crippen LogP contribution in [0, 0.1) is 20.2 Å². The van der Waals surface area contributed by atoms with Crippen molar-refractivity contribution in [1.82, 2.24) is 4.57 Å². The molecule has 1 aromatic heterocycles. The Morgan fingerprint density at radius 2 is 1.69 bits per heavy atom. The molecule has 4 aromatic rings. The molecule has 0 unspecified atom stereocenters. The average Bonchev–Trinajstić information content (AvgIpc) is 3.38. The van der Waals surface area contributed by atoms with Crippen molar-refractivity contribution < 1.29 is 38.3 Å². The molecule has 0 radical (unpaired) electrons. The predicted octanol–water partition coefficient (Wildman–Crippen LogP) is 5.60. The van der Waals surface area contributed by atoms with E-state index in [-0.39, 0.29) is 42.1 Å². The van der Waals surface area contributed by atoms with Crippen LogP contribution in [0.5, 0.6) is 28.7 Å². The smallest absolute Gasteiger partial charge is 0.338 e. The number of allylic oxidation sites excluding steroid dienone is 1. The highest BCUT2D eigenvalue weighted by Gasteiger charge is 2.34. The van der Waals surface area contributed by atoms with E-state index in [9.17, 15) is 29.8 Å². The zero-order valence-corrected chi connectivity index (χ0v) is 29.3. The van der Waals surface area contributed by atoms with Crippen LogP contribution in [0.2, 0.25) is 0 Å². The van der Waals surface area contributed by atoms with Gasteiger partial charge in [0.25, 0.3) is 11.2 Å². The Bertz CT molecular complexity index is 2240. The Balaban J connectivity index is 1.61. The van der Waals surface area contributed by atoms with Gasteiger partial charge in [0.1, 0.15) is 0 Å². The minimum Gasteiger partial charge on any atom is -0.493 e. The Morgan fingerprint density at radius 3 is 2.33 bits per heavy atom. The highest BCUT2D eigenvalue weighted by molar-refractivity contribution is 7.07. The lowest BCUT2D eigenvalue weighted by molar-refractivity contribution is -0.394. The molecule has 3 aromatic carbocycles. The second-order valence-corrected chi connectivity index (χ2v) is 12.3. The highest BCUT2D eigenvalue weighted by Crippen LogP contribution is 2.39. The third-order valence-electron chi connectivity index (χ3n) is 7.52. The van der Waals surface area contributed by atoms with Crippen LogP contribution in [0.1, 0.15) is 51.8 Å². The maximum Gasteiger partial charge on any atom is 0.338 e. The minimum atomic E-state index is -0.892. The fraction of sp³-hybridized carbons (Fsp3) is 0.286. The topological polar surface area (TPSA) is 184 Å². The number of hydrogen-bond donors (Lipinski definition) is 0. The Labute approximate surface area is 294 Å². The quantitative estimate of drug-likeness (QED) is 0.0952. The second kappa shape index (κ2) is 15.2. The predicted molar refractivity (Wildman–Crippen MR) is 187 cm³/mol. The Hall–Kier alpha value is -6.03. The molecule has 15 nitrogen and oxygen atoms in total. The van der Waals surface area contributed by atoms with Crippen molar-refractivity contribution >= 4 is 34.8 Å².